The van der Waals surface area contributed by atoms with Crippen LogP contribution in [0.3, 0.4) is 0 Å². The van der Waals surface area contributed by atoms with Crippen LogP contribution in [0.15, 0.2) is 74.1 Å². The van der Waals surface area contributed by atoms with Crippen molar-refractivity contribution in [3.63, 3.8) is 0 Å². The Balaban J connectivity index is 1.63. The topological polar surface area (TPSA) is 97.6 Å². The summed E-state index contributed by atoms with van der Waals surface area (Å²) < 4.78 is 45.4. The first kappa shape index (κ1) is 33.7. The largest absolute Gasteiger partial charge is 0.493 e. The minimum atomic E-state index is -0.865. The van der Waals surface area contributed by atoms with E-state index >= 15 is 0 Å². The van der Waals surface area contributed by atoms with E-state index in [1.807, 2.05) is 6.07 Å². The van der Waals surface area contributed by atoms with Gasteiger partial charge in [0.1, 0.15) is 12.4 Å². The maximum Gasteiger partial charge on any atom is 0.338 e. The number of carbonyl (C=O) groups excluding carboxylic acids is 1. The van der Waals surface area contributed by atoms with Gasteiger partial charge in [-0.25, -0.2) is 14.2 Å². The number of thiazole rings is 1. The van der Waals surface area contributed by atoms with Gasteiger partial charge in [-0.2, -0.15) is 0 Å². The fourth-order valence-electron chi connectivity index (χ4n) is 5.05. The Morgan fingerprint density at radius 1 is 1.09 bits per heavy atom. The molecule has 0 N–H and O–H groups in total. The lowest BCUT2D eigenvalue weighted by atomic mass is 9.95. The Bertz CT molecular complexity index is 2040. The summed E-state index contributed by atoms with van der Waals surface area (Å²) in [5, 5.41) is 0. The molecular formula is C33H29BrFIN2O7S. The molecule has 0 bridgehead atoms. The summed E-state index contributed by atoms with van der Waals surface area (Å²) in [6.07, 6.45) is 1.74. The molecule has 13 heteroatoms. The van der Waals surface area contributed by atoms with E-state index in [4.69, 9.17) is 23.7 Å². The standard InChI is InChI=1S/C33H29BrFIN2O7S/c1-6-44-32(40)28-17(2)37-33-38(29(28)20-14-24(41-3)25(42-4)15-21(20)34)31(39)27(46-33)13-18-11-23(36)30(26(12-18)43-5)45-16-19-9-7-8-10-22(19)35/h7-15,29H,6,16H2,1-5H3/b27-13-/t29-/m0/s1. The van der Waals surface area contributed by atoms with Gasteiger partial charge >= 0.3 is 5.97 Å². The number of carbonyl (C=O) groups is 1. The molecule has 1 aliphatic heterocycles. The predicted molar refractivity (Wildman–Crippen MR) is 184 cm³/mol. The van der Waals surface area contributed by atoms with Crippen molar-refractivity contribution in [1.82, 2.24) is 4.57 Å². The SMILES string of the molecule is CCOC(=O)C1=C(C)N=c2s/c(=C\c3cc(I)c(OCc4ccccc4F)c(OC)c3)c(=O)n2[C@H]1c1cc(OC)c(OC)cc1Br. The number of aromatic nitrogens is 1. The molecule has 1 aromatic heterocycles. The van der Waals surface area contributed by atoms with E-state index in [2.05, 4.69) is 43.5 Å². The number of allylic oxidation sites excluding steroid dienone is 1. The van der Waals surface area contributed by atoms with Crippen LogP contribution in [0, 0.1) is 9.39 Å². The third-order valence-corrected chi connectivity index (χ3v) is 9.66. The molecule has 3 aromatic carbocycles. The minimum absolute atomic E-state index is 0.0187. The molecule has 0 aliphatic carbocycles. The number of methoxy groups -OCH3 is 3. The molecule has 0 saturated carbocycles. The van der Waals surface area contributed by atoms with Crippen molar-refractivity contribution in [2.24, 2.45) is 4.99 Å². The summed E-state index contributed by atoms with van der Waals surface area (Å²) in [5.41, 5.74) is 2.01. The van der Waals surface area contributed by atoms with Crippen LogP contribution in [0.2, 0.25) is 0 Å². The van der Waals surface area contributed by atoms with Gasteiger partial charge in [0.05, 0.1) is 53.4 Å². The first-order chi connectivity index (χ1) is 22.1. The number of nitrogens with zero attached hydrogens (tertiary/aromatic N) is 2. The van der Waals surface area contributed by atoms with Crippen LogP contribution in [0.4, 0.5) is 4.39 Å². The molecule has 0 fully saturated rings. The average Bonchev–Trinajstić information content (AvgIpc) is 3.33. The molecule has 0 saturated heterocycles. The van der Waals surface area contributed by atoms with Crippen LogP contribution in [0.25, 0.3) is 6.08 Å². The van der Waals surface area contributed by atoms with Crippen molar-refractivity contribution in [3.8, 4) is 23.0 Å². The molecule has 0 unspecified atom stereocenters. The third-order valence-electron chi connectivity index (χ3n) is 7.19. The number of esters is 1. The molecule has 4 aromatic rings. The summed E-state index contributed by atoms with van der Waals surface area (Å²) in [7, 11) is 4.55. The molecule has 1 atom stereocenters. The maximum atomic E-state index is 14.2. The van der Waals surface area contributed by atoms with Crippen molar-refractivity contribution in [2.45, 2.75) is 26.5 Å². The van der Waals surface area contributed by atoms with Crippen LogP contribution in [-0.4, -0.2) is 38.5 Å². The van der Waals surface area contributed by atoms with Gasteiger partial charge in [-0.1, -0.05) is 45.5 Å². The quantitative estimate of drug-likeness (QED) is 0.145. The van der Waals surface area contributed by atoms with Gasteiger partial charge in [0.2, 0.25) is 0 Å². The smallest absolute Gasteiger partial charge is 0.338 e. The number of hydrogen-bond acceptors (Lipinski definition) is 9. The van der Waals surface area contributed by atoms with Gasteiger partial charge in [0.15, 0.2) is 27.8 Å². The highest BCUT2D eigenvalue weighted by Crippen LogP contribution is 2.41. The molecule has 9 nitrogen and oxygen atoms in total. The normalized spacial score (nSPS) is 14.4. The summed E-state index contributed by atoms with van der Waals surface area (Å²) in [6, 6.07) is 12.6. The molecule has 240 valence electrons. The summed E-state index contributed by atoms with van der Waals surface area (Å²) in [5.74, 6) is 0.861. The molecule has 2 heterocycles. The number of fused-ring (bicyclic) bond motifs is 1. The molecule has 5 rings (SSSR count). The monoisotopic (exact) mass is 822 g/mol. The third kappa shape index (κ3) is 6.58. The Kier molecular flexibility index (Phi) is 10.5. The molecule has 1 aliphatic rings. The van der Waals surface area contributed by atoms with E-state index in [0.29, 0.717) is 62.8 Å². The Morgan fingerprint density at radius 3 is 2.46 bits per heavy atom. The van der Waals surface area contributed by atoms with Crippen molar-refractivity contribution in [1.29, 1.82) is 0 Å². The second kappa shape index (κ2) is 14.4. The van der Waals surface area contributed by atoms with Crippen LogP contribution in [0.5, 0.6) is 23.0 Å². The fraction of sp³-hybridized carbons (Fsp3) is 0.242. The Hall–Kier alpha value is -3.69. The zero-order chi connectivity index (χ0) is 33.1. The van der Waals surface area contributed by atoms with E-state index in [9.17, 15) is 14.0 Å². The van der Waals surface area contributed by atoms with E-state index in [0.717, 1.165) is 0 Å². The number of hydrogen-bond donors (Lipinski definition) is 0. The first-order valence-electron chi connectivity index (χ1n) is 14.0. The summed E-state index contributed by atoms with van der Waals surface area (Å²) >= 11 is 6.93. The second-order valence-electron chi connectivity index (χ2n) is 9.95. The minimum Gasteiger partial charge on any atom is -0.493 e. The molecular weight excluding hydrogens is 794 g/mol. The number of ether oxygens (including phenoxy) is 5. The van der Waals surface area contributed by atoms with E-state index in [1.165, 1.54) is 43.3 Å². The van der Waals surface area contributed by atoms with Gasteiger partial charge in [0, 0.05) is 10.0 Å². The lowest BCUT2D eigenvalue weighted by molar-refractivity contribution is -0.139. The fourth-order valence-corrected chi connectivity index (χ4v) is 7.41. The van der Waals surface area contributed by atoms with Crippen molar-refractivity contribution >= 4 is 61.9 Å². The Labute approximate surface area is 290 Å². The first-order valence-corrected chi connectivity index (χ1v) is 16.6. The molecule has 0 amide bonds. The molecule has 0 spiro atoms. The lowest BCUT2D eigenvalue weighted by Crippen LogP contribution is -2.40. The highest BCUT2D eigenvalue weighted by molar-refractivity contribution is 14.1. The van der Waals surface area contributed by atoms with Gasteiger partial charge in [-0.05, 0) is 84.0 Å². The van der Waals surface area contributed by atoms with Crippen LogP contribution >= 0.6 is 49.9 Å². The maximum absolute atomic E-state index is 14.2. The van der Waals surface area contributed by atoms with Crippen molar-refractivity contribution in [3.05, 3.63) is 110 Å². The van der Waals surface area contributed by atoms with Crippen molar-refractivity contribution in [2.75, 3.05) is 27.9 Å². The van der Waals surface area contributed by atoms with Gasteiger partial charge in [-0.15, -0.1) is 0 Å². The van der Waals surface area contributed by atoms with Crippen LogP contribution < -0.4 is 33.8 Å². The highest BCUT2D eigenvalue weighted by atomic mass is 127. The number of rotatable bonds is 10. The van der Waals surface area contributed by atoms with Gasteiger partial charge in [0.25, 0.3) is 5.56 Å². The van der Waals surface area contributed by atoms with Crippen molar-refractivity contribution < 1.29 is 32.9 Å². The van der Waals surface area contributed by atoms with Crippen LogP contribution in [0.1, 0.15) is 36.6 Å². The number of benzene rings is 3. The average molecular weight is 823 g/mol. The summed E-state index contributed by atoms with van der Waals surface area (Å²) in [4.78, 5) is 32.6. The van der Waals surface area contributed by atoms with Crippen LogP contribution in [-0.2, 0) is 16.1 Å². The van der Waals surface area contributed by atoms with E-state index in [-0.39, 0.29) is 30.2 Å². The lowest BCUT2D eigenvalue weighted by Gasteiger charge is -2.26. The summed E-state index contributed by atoms with van der Waals surface area (Å²) in [6.45, 7) is 3.61. The zero-order valence-corrected chi connectivity index (χ0v) is 30.0. The van der Waals surface area contributed by atoms with Gasteiger partial charge in [-0.3, -0.25) is 9.36 Å². The number of halogens is 3. The highest BCUT2D eigenvalue weighted by Gasteiger charge is 2.35. The van der Waals surface area contributed by atoms with E-state index in [1.54, 1.807) is 56.3 Å². The van der Waals surface area contributed by atoms with E-state index < -0.39 is 12.0 Å². The van der Waals surface area contributed by atoms with Gasteiger partial charge < -0.3 is 23.7 Å². The Morgan fingerprint density at radius 2 is 1.78 bits per heavy atom. The molecule has 0 radical (unpaired) electrons. The zero-order valence-electron chi connectivity index (χ0n) is 25.5. The second-order valence-corrected chi connectivity index (χ2v) is 13.0. The predicted octanol–water partition coefficient (Wildman–Crippen LogP) is 5.91. The molecule has 46 heavy (non-hydrogen) atoms.